The molecule has 0 aliphatic carbocycles. The van der Waals surface area contributed by atoms with E-state index >= 15 is 0 Å². The SMILES string of the molecule is FC(F)Oc1ccc(OC(F)F)c(OC(F)(F)F)c1. The third-order valence-corrected chi connectivity index (χ3v) is 1.58. The first kappa shape index (κ1) is 15.2. The zero-order chi connectivity index (χ0) is 14.6. The van der Waals surface area contributed by atoms with E-state index in [9.17, 15) is 30.7 Å². The van der Waals surface area contributed by atoms with Crippen molar-refractivity contribution in [1.82, 2.24) is 0 Å². The molecule has 0 unspecified atom stereocenters. The van der Waals surface area contributed by atoms with Crippen LogP contribution in [0.15, 0.2) is 18.2 Å². The molecule has 0 aromatic heterocycles. The molecule has 1 aromatic carbocycles. The van der Waals surface area contributed by atoms with E-state index in [4.69, 9.17) is 0 Å². The fourth-order valence-electron chi connectivity index (χ4n) is 1.06. The third-order valence-electron chi connectivity index (χ3n) is 1.58. The zero-order valence-electron chi connectivity index (χ0n) is 8.76. The van der Waals surface area contributed by atoms with Crippen LogP contribution in [0.4, 0.5) is 30.7 Å². The summed E-state index contributed by atoms with van der Waals surface area (Å²) >= 11 is 0. The molecule has 108 valence electrons. The van der Waals surface area contributed by atoms with Crippen molar-refractivity contribution in [2.24, 2.45) is 0 Å². The van der Waals surface area contributed by atoms with Crippen molar-refractivity contribution in [3.05, 3.63) is 18.2 Å². The lowest BCUT2D eigenvalue weighted by Gasteiger charge is -2.15. The largest absolute Gasteiger partial charge is 0.573 e. The molecule has 0 atom stereocenters. The van der Waals surface area contributed by atoms with Crippen LogP contribution in [0.25, 0.3) is 0 Å². The molecule has 0 heterocycles. The van der Waals surface area contributed by atoms with Gasteiger partial charge >= 0.3 is 19.6 Å². The van der Waals surface area contributed by atoms with Crippen LogP contribution in [0, 0.1) is 0 Å². The summed E-state index contributed by atoms with van der Waals surface area (Å²) in [6.45, 7) is -6.70. The number of alkyl halides is 7. The van der Waals surface area contributed by atoms with Gasteiger partial charge in [-0.1, -0.05) is 0 Å². The Kier molecular flexibility index (Phi) is 4.67. The van der Waals surface area contributed by atoms with Gasteiger partial charge in [0.2, 0.25) is 0 Å². The summed E-state index contributed by atoms with van der Waals surface area (Å²) in [6.07, 6.45) is -5.20. The molecule has 1 aromatic rings. The molecule has 19 heavy (non-hydrogen) atoms. The number of benzene rings is 1. The second kappa shape index (κ2) is 5.85. The maximum absolute atomic E-state index is 12.0. The Morgan fingerprint density at radius 1 is 0.842 bits per heavy atom. The van der Waals surface area contributed by atoms with E-state index in [1.54, 1.807) is 0 Å². The number of halogens is 7. The highest BCUT2D eigenvalue weighted by atomic mass is 19.4. The molecule has 10 heteroatoms. The van der Waals surface area contributed by atoms with Gasteiger partial charge in [0.05, 0.1) is 0 Å². The topological polar surface area (TPSA) is 27.7 Å². The normalized spacial score (nSPS) is 11.8. The Hall–Kier alpha value is -1.87. The minimum atomic E-state index is -5.20. The average molecular weight is 294 g/mol. The Labute approximate surface area is 101 Å². The molecule has 0 aliphatic heterocycles. The summed E-state index contributed by atoms with van der Waals surface area (Å²) < 4.78 is 94.5. The van der Waals surface area contributed by atoms with Gasteiger partial charge in [0, 0.05) is 6.07 Å². The van der Waals surface area contributed by atoms with Crippen molar-refractivity contribution < 1.29 is 44.9 Å². The van der Waals surface area contributed by atoms with Crippen molar-refractivity contribution >= 4 is 0 Å². The molecule has 0 saturated heterocycles. The van der Waals surface area contributed by atoms with Crippen molar-refractivity contribution in [2.75, 3.05) is 0 Å². The Morgan fingerprint density at radius 2 is 1.42 bits per heavy atom. The maximum Gasteiger partial charge on any atom is 0.573 e. The van der Waals surface area contributed by atoms with Gasteiger partial charge in [0.1, 0.15) is 5.75 Å². The molecule has 0 amide bonds. The smallest absolute Gasteiger partial charge is 0.435 e. The number of hydrogen-bond donors (Lipinski definition) is 0. The van der Waals surface area contributed by atoms with Gasteiger partial charge < -0.3 is 14.2 Å². The van der Waals surface area contributed by atoms with Crippen LogP contribution in [0.3, 0.4) is 0 Å². The summed E-state index contributed by atoms with van der Waals surface area (Å²) in [6, 6.07) is 1.68. The van der Waals surface area contributed by atoms with Crippen molar-refractivity contribution in [3.8, 4) is 17.2 Å². The number of rotatable bonds is 5. The van der Waals surface area contributed by atoms with Crippen molar-refractivity contribution in [3.63, 3.8) is 0 Å². The van der Waals surface area contributed by atoms with Crippen LogP contribution >= 0.6 is 0 Å². The second-order valence-electron chi connectivity index (χ2n) is 2.91. The molecule has 0 aliphatic rings. The van der Waals surface area contributed by atoms with Gasteiger partial charge in [0.15, 0.2) is 11.5 Å². The van der Waals surface area contributed by atoms with E-state index in [1.807, 2.05) is 0 Å². The minimum absolute atomic E-state index is 0.358. The first-order valence-corrected chi connectivity index (χ1v) is 4.47. The highest BCUT2D eigenvalue weighted by molar-refractivity contribution is 5.45. The zero-order valence-corrected chi connectivity index (χ0v) is 8.76. The Bertz CT molecular complexity index is 419. The van der Waals surface area contributed by atoms with Crippen LogP contribution in [-0.4, -0.2) is 19.6 Å². The van der Waals surface area contributed by atoms with Gasteiger partial charge in [-0.2, -0.15) is 17.6 Å². The average Bonchev–Trinajstić information content (AvgIpc) is 2.18. The number of hydrogen-bond acceptors (Lipinski definition) is 3. The molecular weight excluding hydrogens is 289 g/mol. The summed E-state index contributed by atoms with van der Waals surface area (Å²) in [5.74, 6) is -2.88. The molecule has 0 saturated carbocycles. The summed E-state index contributed by atoms with van der Waals surface area (Å²) in [4.78, 5) is 0. The van der Waals surface area contributed by atoms with Gasteiger partial charge in [-0.3, -0.25) is 0 Å². The highest BCUT2D eigenvalue weighted by Crippen LogP contribution is 2.36. The van der Waals surface area contributed by atoms with E-state index in [2.05, 4.69) is 14.2 Å². The van der Waals surface area contributed by atoms with Gasteiger partial charge in [-0.25, -0.2) is 0 Å². The molecule has 3 nitrogen and oxygen atoms in total. The monoisotopic (exact) mass is 294 g/mol. The third kappa shape index (κ3) is 5.53. The first-order valence-electron chi connectivity index (χ1n) is 4.47. The van der Waals surface area contributed by atoms with Crippen molar-refractivity contribution in [1.29, 1.82) is 0 Å². The second-order valence-corrected chi connectivity index (χ2v) is 2.91. The lowest BCUT2D eigenvalue weighted by Crippen LogP contribution is -2.18. The summed E-state index contributed by atoms with van der Waals surface area (Å²) in [5, 5.41) is 0. The van der Waals surface area contributed by atoms with E-state index in [0.717, 1.165) is 6.07 Å². The standard InChI is InChI=1S/C9H5F7O3/c10-7(11)17-4-1-2-5(18-8(12)13)6(3-4)19-9(14,15)16/h1-3,7-8H. The summed E-state index contributed by atoms with van der Waals surface area (Å²) in [5.41, 5.74) is 0. The minimum Gasteiger partial charge on any atom is -0.435 e. The van der Waals surface area contributed by atoms with Crippen LogP contribution < -0.4 is 14.2 Å². The lowest BCUT2D eigenvalue weighted by molar-refractivity contribution is -0.275. The predicted octanol–water partition coefficient (Wildman–Crippen LogP) is 3.79. The quantitative estimate of drug-likeness (QED) is 0.773. The van der Waals surface area contributed by atoms with E-state index < -0.39 is 36.8 Å². The lowest BCUT2D eigenvalue weighted by atomic mass is 10.3. The highest BCUT2D eigenvalue weighted by Gasteiger charge is 2.33. The van der Waals surface area contributed by atoms with E-state index in [-0.39, 0.29) is 0 Å². The van der Waals surface area contributed by atoms with Crippen molar-refractivity contribution in [2.45, 2.75) is 19.6 Å². The fourth-order valence-corrected chi connectivity index (χ4v) is 1.06. The molecule has 1 rings (SSSR count). The molecule has 0 fully saturated rings. The molecule has 0 radical (unpaired) electrons. The fraction of sp³-hybridized carbons (Fsp3) is 0.333. The predicted molar refractivity (Wildman–Crippen MR) is 46.4 cm³/mol. The molecule has 0 N–H and O–H groups in total. The van der Waals surface area contributed by atoms with Gasteiger partial charge in [-0.05, 0) is 12.1 Å². The van der Waals surface area contributed by atoms with Crippen LogP contribution in [0.5, 0.6) is 17.2 Å². The van der Waals surface area contributed by atoms with E-state index in [0.29, 0.717) is 12.1 Å². The van der Waals surface area contributed by atoms with Gasteiger partial charge in [-0.15, -0.1) is 13.2 Å². The van der Waals surface area contributed by atoms with Crippen LogP contribution in [-0.2, 0) is 0 Å². The summed E-state index contributed by atoms with van der Waals surface area (Å²) in [7, 11) is 0. The first-order chi connectivity index (χ1) is 8.67. The molecular formula is C9H5F7O3. The number of ether oxygens (including phenoxy) is 3. The van der Waals surface area contributed by atoms with E-state index in [1.165, 1.54) is 0 Å². The maximum atomic E-state index is 12.0. The molecule has 0 bridgehead atoms. The Balaban J connectivity index is 3.03. The van der Waals surface area contributed by atoms with Gasteiger partial charge in [0.25, 0.3) is 0 Å². The Morgan fingerprint density at radius 3 is 1.89 bits per heavy atom. The van der Waals surface area contributed by atoms with Crippen LogP contribution in [0.1, 0.15) is 0 Å². The van der Waals surface area contributed by atoms with Crippen LogP contribution in [0.2, 0.25) is 0 Å². The molecule has 0 spiro atoms.